The standard InChI is InChI=1S/C23H18F6N4O2/c24-11-22(9-18(23(27,28)29)33-21(30)35-22)15-7-14(8-16(25)19(15)26)32-20(34)17-6-5-13(10-31-17)4-3-12-1-2-12/h5-8,10,12,18H,1-2,9,11H2,(H2,30,33)(H,32,34)/t18-,22+/m0/s1. The molecule has 1 aliphatic carbocycles. The highest BCUT2D eigenvalue weighted by atomic mass is 19.4. The van der Waals surface area contributed by atoms with E-state index in [0.29, 0.717) is 17.5 Å². The van der Waals surface area contributed by atoms with Gasteiger partial charge in [-0.15, -0.1) is 0 Å². The van der Waals surface area contributed by atoms with Crippen molar-refractivity contribution in [3.05, 3.63) is 58.9 Å². The first kappa shape index (κ1) is 24.4. The number of nitrogens with one attached hydrogen (secondary N) is 1. The number of anilines is 1. The summed E-state index contributed by atoms with van der Waals surface area (Å²) in [5.41, 5.74) is 1.94. The quantitative estimate of drug-likeness (QED) is 0.491. The Morgan fingerprint density at radius 1 is 1.26 bits per heavy atom. The average Bonchev–Trinajstić information content (AvgIpc) is 3.63. The van der Waals surface area contributed by atoms with Gasteiger partial charge in [0, 0.05) is 41.4 Å². The number of hydrogen-bond acceptors (Lipinski definition) is 5. The van der Waals surface area contributed by atoms with Crippen LogP contribution < -0.4 is 11.1 Å². The molecule has 12 heteroatoms. The minimum atomic E-state index is -4.93. The van der Waals surface area contributed by atoms with Gasteiger partial charge in [-0.3, -0.25) is 4.79 Å². The Morgan fingerprint density at radius 2 is 2.00 bits per heavy atom. The van der Waals surface area contributed by atoms with Crippen LogP contribution in [0.25, 0.3) is 0 Å². The summed E-state index contributed by atoms with van der Waals surface area (Å²) in [5, 5.41) is 2.27. The van der Waals surface area contributed by atoms with Crippen LogP contribution in [-0.4, -0.2) is 35.8 Å². The van der Waals surface area contributed by atoms with Crippen LogP contribution >= 0.6 is 0 Å². The number of carbonyl (C=O) groups is 1. The van der Waals surface area contributed by atoms with Crippen LogP contribution in [-0.2, 0) is 10.3 Å². The fourth-order valence-electron chi connectivity index (χ4n) is 3.49. The average molecular weight is 496 g/mol. The summed E-state index contributed by atoms with van der Waals surface area (Å²) >= 11 is 0. The van der Waals surface area contributed by atoms with E-state index in [9.17, 15) is 31.1 Å². The Balaban J connectivity index is 1.61. The van der Waals surface area contributed by atoms with E-state index in [1.165, 1.54) is 12.3 Å². The molecule has 3 N–H and O–H groups in total. The van der Waals surface area contributed by atoms with Crippen molar-refractivity contribution in [2.45, 2.75) is 37.1 Å². The molecule has 0 unspecified atom stereocenters. The molecular formula is C23H18F6N4O2. The normalized spacial score (nSPS) is 21.9. The van der Waals surface area contributed by atoms with E-state index in [-0.39, 0.29) is 11.4 Å². The minimum absolute atomic E-state index is 0.0871. The Bertz CT molecular complexity index is 1230. The summed E-state index contributed by atoms with van der Waals surface area (Å²) in [6.07, 6.45) is -2.67. The van der Waals surface area contributed by atoms with E-state index >= 15 is 0 Å². The molecule has 0 bridgehead atoms. The number of pyridine rings is 1. The lowest BCUT2D eigenvalue weighted by atomic mass is 9.86. The van der Waals surface area contributed by atoms with Crippen molar-refractivity contribution in [1.29, 1.82) is 0 Å². The third-order valence-electron chi connectivity index (χ3n) is 5.47. The van der Waals surface area contributed by atoms with Crippen molar-refractivity contribution in [2.75, 3.05) is 12.0 Å². The summed E-state index contributed by atoms with van der Waals surface area (Å²) in [6.45, 7) is -1.67. The molecule has 2 aromatic rings. The topological polar surface area (TPSA) is 89.6 Å². The highest BCUT2D eigenvalue weighted by Crippen LogP contribution is 2.42. The van der Waals surface area contributed by atoms with Gasteiger partial charge in [0.1, 0.15) is 12.4 Å². The van der Waals surface area contributed by atoms with E-state index in [1.54, 1.807) is 6.07 Å². The predicted octanol–water partition coefficient (Wildman–Crippen LogP) is 4.20. The van der Waals surface area contributed by atoms with Crippen LogP contribution in [0.3, 0.4) is 0 Å². The number of nitrogens with zero attached hydrogens (tertiary/aromatic N) is 2. The number of carbonyl (C=O) groups excluding carboxylic acids is 1. The van der Waals surface area contributed by atoms with Crippen molar-refractivity contribution in [1.82, 2.24) is 4.98 Å². The second-order valence-electron chi connectivity index (χ2n) is 8.21. The largest absolute Gasteiger partial charge is 0.451 e. The van der Waals surface area contributed by atoms with Crippen LogP contribution in [0.4, 0.5) is 32.0 Å². The molecule has 0 saturated heterocycles. The number of hydrogen-bond donors (Lipinski definition) is 2. The van der Waals surface area contributed by atoms with Gasteiger partial charge in [-0.2, -0.15) is 13.2 Å². The van der Waals surface area contributed by atoms with E-state index in [4.69, 9.17) is 10.5 Å². The summed E-state index contributed by atoms with van der Waals surface area (Å²) in [6, 6.07) is 0.780. The van der Waals surface area contributed by atoms with E-state index < -0.39 is 60.0 Å². The van der Waals surface area contributed by atoms with E-state index in [1.807, 2.05) is 0 Å². The Kier molecular flexibility index (Phi) is 6.36. The van der Waals surface area contributed by atoms with Crippen molar-refractivity contribution in [2.24, 2.45) is 16.6 Å². The third-order valence-corrected chi connectivity index (χ3v) is 5.47. The first-order valence-corrected chi connectivity index (χ1v) is 10.4. The van der Waals surface area contributed by atoms with E-state index in [2.05, 4.69) is 27.1 Å². The minimum Gasteiger partial charge on any atom is -0.451 e. The van der Waals surface area contributed by atoms with Crippen LogP contribution in [0.5, 0.6) is 0 Å². The number of ether oxygens (including phenoxy) is 1. The molecule has 1 aliphatic heterocycles. The van der Waals surface area contributed by atoms with Gasteiger partial charge in [0.25, 0.3) is 11.9 Å². The van der Waals surface area contributed by atoms with Gasteiger partial charge < -0.3 is 15.8 Å². The number of amides is 1. The zero-order chi connectivity index (χ0) is 25.4. The highest BCUT2D eigenvalue weighted by Gasteiger charge is 2.52. The fourth-order valence-corrected chi connectivity index (χ4v) is 3.49. The number of aliphatic imine (C=N–C) groups is 1. The molecule has 0 spiro atoms. The summed E-state index contributed by atoms with van der Waals surface area (Å²) in [7, 11) is 0. The van der Waals surface area contributed by atoms with Crippen LogP contribution in [0.1, 0.15) is 40.9 Å². The molecular weight excluding hydrogens is 478 g/mol. The predicted molar refractivity (Wildman–Crippen MR) is 113 cm³/mol. The van der Waals surface area contributed by atoms with Crippen molar-refractivity contribution in [3.8, 4) is 11.8 Å². The summed E-state index contributed by atoms with van der Waals surface area (Å²) < 4.78 is 87.9. The van der Waals surface area contributed by atoms with Gasteiger partial charge in [0.2, 0.25) is 0 Å². The van der Waals surface area contributed by atoms with Crippen LogP contribution in [0.15, 0.2) is 35.5 Å². The molecule has 1 aromatic heterocycles. The van der Waals surface area contributed by atoms with Crippen LogP contribution in [0.2, 0.25) is 0 Å². The number of alkyl halides is 4. The van der Waals surface area contributed by atoms with Gasteiger partial charge >= 0.3 is 6.18 Å². The maximum Gasteiger partial charge on any atom is 0.411 e. The second-order valence-corrected chi connectivity index (χ2v) is 8.21. The first-order valence-electron chi connectivity index (χ1n) is 10.4. The number of nitrogens with two attached hydrogens (primary N) is 1. The Morgan fingerprint density at radius 3 is 2.60 bits per heavy atom. The molecule has 35 heavy (non-hydrogen) atoms. The van der Waals surface area contributed by atoms with E-state index in [0.717, 1.165) is 18.9 Å². The molecule has 4 rings (SSSR count). The zero-order valence-electron chi connectivity index (χ0n) is 17.9. The zero-order valence-corrected chi connectivity index (χ0v) is 17.9. The highest BCUT2D eigenvalue weighted by molar-refractivity contribution is 6.02. The van der Waals surface area contributed by atoms with Gasteiger partial charge in [-0.1, -0.05) is 11.8 Å². The molecule has 2 heterocycles. The van der Waals surface area contributed by atoms with Gasteiger partial charge in [-0.05, 0) is 31.0 Å². The summed E-state index contributed by atoms with van der Waals surface area (Å²) in [4.78, 5) is 19.6. The number of benzene rings is 1. The molecule has 2 aliphatic rings. The Hall–Kier alpha value is -3.75. The van der Waals surface area contributed by atoms with Crippen molar-refractivity contribution in [3.63, 3.8) is 0 Å². The molecule has 1 amide bonds. The second kappa shape index (κ2) is 9.13. The summed E-state index contributed by atoms with van der Waals surface area (Å²) in [5.74, 6) is 2.32. The fraction of sp³-hybridized carbons (Fsp3) is 0.348. The lowest BCUT2D eigenvalue weighted by Gasteiger charge is -2.38. The van der Waals surface area contributed by atoms with Gasteiger partial charge in [0.15, 0.2) is 23.3 Å². The number of rotatable bonds is 4. The number of amidine groups is 1. The van der Waals surface area contributed by atoms with Crippen molar-refractivity contribution >= 4 is 17.6 Å². The number of aromatic nitrogens is 1. The third kappa shape index (κ3) is 5.34. The van der Waals surface area contributed by atoms with Crippen LogP contribution in [0, 0.1) is 29.4 Å². The molecule has 2 atom stereocenters. The van der Waals surface area contributed by atoms with Gasteiger partial charge in [-0.25, -0.2) is 23.1 Å². The lowest BCUT2D eigenvalue weighted by molar-refractivity contribution is -0.167. The molecule has 0 radical (unpaired) electrons. The van der Waals surface area contributed by atoms with Gasteiger partial charge in [0.05, 0.1) is 0 Å². The molecule has 1 saturated carbocycles. The first-order chi connectivity index (χ1) is 16.5. The molecule has 6 nitrogen and oxygen atoms in total. The molecule has 1 aromatic carbocycles. The Labute approximate surface area is 195 Å². The SMILES string of the molecule is NC1=N[C@H](C(F)(F)F)C[C@@](CF)(c2cc(NC(=O)c3ccc(C#CC4CC4)cn3)cc(F)c2F)O1. The number of halogens is 6. The maximum atomic E-state index is 14.7. The van der Waals surface area contributed by atoms with Crippen molar-refractivity contribution < 1.29 is 35.9 Å². The maximum absolute atomic E-state index is 14.7. The monoisotopic (exact) mass is 496 g/mol. The lowest BCUT2D eigenvalue weighted by Crippen LogP contribution is -2.49. The molecule has 1 fully saturated rings. The molecule has 184 valence electrons. The smallest absolute Gasteiger partial charge is 0.411 e.